The van der Waals surface area contributed by atoms with Crippen LogP contribution in [0.15, 0.2) is 18.2 Å². The highest BCUT2D eigenvalue weighted by atomic mass is 35.5. The number of carbonyl (C=O) groups is 2. The van der Waals surface area contributed by atoms with Crippen LogP contribution in [0.4, 0.5) is 5.69 Å². The minimum Gasteiger partial charge on any atom is -0.481 e. The van der Waals surface area contributed by atoms with Crippen LogP contribution in [0.3, 0.4) is 0 Å². The molecule has 1 amide bonds. The summed E-state index contributed by atoms with van der Waals surface area (Å²) in [7, 11) is 0. The number of ether oxygens (including phenoxy) is 1. The summed E-state index contributed by atoms with van der Waals surface area (Å²) in [5.74, 6) is -1.45. The molecule has 1 aliphatic rings. The first-order valence-corrected chi connectivity index (χ1v) is 6.52. The van der Waals surface area contributed by atoms with Gasteiger partial charge in [-0.1, -0.05) is 11.6 Å². The first kappa shape index (κ1) is 14.6. The third kappa shape index (κ3) is 3.20. The second-order valence-electron chi connectivity index (χ2n) is 4.55. The van der Waals surface area contributed by atoms with E-state index in [1.54, 1.807) is 12.1 Å². The topological polar surface area (TPSA) is 92.9 Å². The molecular weight excluding hydrogens is 284 g/mol. The SMILES string of the molecule is NC(=O)c1ccc(N2CCOCC2CC(=O)O)c(Cl)c1. The molecule has 1 aliphatic heterocycles. The average Bonchev–Trinajstić information content (AvgIpc) is 2.39. The summed E-state index contributed by atoms with van der Waals surface area (Å²) < 4.78 is 5.31. The van der Waals surface area contributed by atoms with Gasteiger partial charge in [0.25, 0.3) is 0 Å². The Morgan fingerprint density at radius 1 is 1.50 bits per heavy atom. The fourth-order valence-corrected chi connectivity index (χ4v) is 2.52. The standard InChI is InChI=1S/C13H15ClN2O4/c14-10-5-8(13(15)19)1-2-11(10)16-3-4-20-7-9(16)6-12(17)18/h1-2,5,9H,3-4,6-7H2,(H2,15,19)(H,17,18). The zero-order chi connectivity index (χ0) is 14.7. The van der Waals surface area contributed by atoms with Crippen molar-refractivity contribution in [1.29, 1.82) is 0 Å². The van der Waals surface area contributed by atoms with Crippen molar-refractivity contribution in [2.24, 2.45) is 5.73 Å². The molecule has 1 atom stereocenters. The number of carbonyl (C=O) groups excluding carboxylic acids is 1. The Labute approximate surface area is 121 Å². The fourth-order valence-electron chi connectivity index (χ4n) is 2.24. The molecule has 1 aromatic rings. The van der Waals surface area contributed by atoms with Gasteiger partial charge in [-0.15, -0.1) is 0 Å². The zero-order valence-corrected chi connectivity index (χ0v) is 11.5. The molecule has 2 rings (SSSR count). The monoisotopic (exact) mass is 298 g/mol. The van der Waals surface area contributed by atoms with E-state index in [-0.39, 0.29) is 12.5 Å². The Hall–Kier alpha value is -1.79. The first-order valence-electron chi connectivity index (χ1n) is 6.14. The van der Waals surface area contributed by atoms with Gasteiger partial charge < -0.3 is 20.5 Å². The molecule has 1 saturated heterocycles. The molecule has 3 N–H and O–H groups in total. The molecule has 0 spiro atoms. The van der Waals surface area contributed by atoms with Crippen LogP contribution >= 0.6 is 11.6 Å². The molecule has 0 bridgehead atoms. The molecule has 7 heteroatoms. The number of amides is 1. The summed E-state index contributed by atoms with van der Waals surface area (Å²) in [6.07, 6.45) is -0.0338. The Morgan fingerprint density at radius 2 is 2.25 bits per heavy atom. The van der Waals surface area contributed by atoms with Crippen LogP contribution in [0.2, 0.25) is 5.02 Å². The molecule has 1 fully saturated rings. The van der Waals surface area contributed by atoms with Crippen LogP contribution in [0.1, 0.15) is 16.8 Å². The molecule has 1 unspecified atom stereocenters. The minimum atomic E-state index is -0.893. The Morgan fingerprint density at radius 3 is 2.85 bits per heavy atom. The third-order valence-corrected chi connectivity index (χ3v) is 3.48. The number of morpholine rings is 1. The summed E-state index contributed by atoms with van der Waals surface area (Å²) in [5.41, 5.74) is 6.20. The van der Waals surface area contributed by atoms with E-state index in [0.717, 1.165) is 0 Å². The molecule has 1 heterocycles. The van der Waals surface area contributed by atoms with Crippen molar-refractivity contribution in [1.82, 2.24) is 0 Å². The van der Waals surface area contributed by atoms with Gasteiger partial charge in [0.05, 0.1) is 36.4 Å². The van der Waals surface area contributed by atoms with Gasteiger partial charge in [-0.05, 0) is 18.2 Å². The fraction of sp³-hybridized carbons (Fsp3) is 0.385. The summed E-state index contributed by atoms with van der Waals surface area (Å²) in [5, 5.41) is 9.31. The van der Waals surface area contributed by atoms with Gasteiger partial charge in [-0.25, -0.2) is 0 Å². The molecule has 108 valence electrons. The highest BCUT2D eigenvalue weighted by Gasteiger charge is 2.27. The predicted octanol–water partition coefficient (Wildman–Crippen LogP) is 1.12. The molecule has 20 heavy (non-hydrogen) atoms. The molecule has 0 radical (unpaired) electrons. The number of rotatable bonds is 4. The highest BCUT2D eigenvalue weighted by Crippen LogP contribution is 2.30. The maximum absolute atomic E-state index is 11.1. The Balaban J connectivity index is 2.27. The summed E-state index contributed by atoms with van der Waals surface area (Å²) >= 11 is 6.17. The van der Waals surface area contributed by atoms with E-state index in [0.29, 0.717) is 36.0 Å². The largest absolute Gasteiger partial charge is 0.481 e. The minimum absolute atomic E-state index is 0.0338. The molecule has 0 saturated carbocycles. The van der Waals surface area contributed by atoms with E-state index >= 15 is 0 Å². The lowest BCUT2D eigenvalue weighted by atomic mass is 10.1. The van der Waals surface area contributed by atoms with Gasteiger partial charge in [0.1, 0.15) is 0 Å². The van der Waals surface area contributed by atoms with Crippen molar-refractivity contribution >= 4 is 29.2 Å². The van der Waals surface area contributed by atoms with Crippen LogP contribution in [-0.2, 0) is 9.53 Å². The van der Waals surface area contributed by atoms with Crippen molar-refractivity contribution in [2.75, 3.05) is 24.7 Å². The first-order chi connectivity index (χ1) is 9.49. The van der Waals surface area contributed by atoms with Crippen molar-refractivity contribution in [3.63, 3.8) is 0 Å². The third-order valence-electron chi connectivity index (χ3n) is 3.18. The number of primary amides is 1. The number of carboxylic acids is 1. The number of halogens is 1. The lowest BCUT2D eigenvalue weighted by molar-refractivity contribution is -0.138. The van der Waals surface area contributed by atoms with Crippen LogP contribution in [0, 0.1) is 0 Å². The van der Waals surface area contributed by atoms with Gasteiger partial charge in [0.2, 0.25) is 5.91 Å². The Bertz CT molecular complexity index is 535. The molecule has 0 aromatic heterocycles. The number of anilines is 1. The lowest BCUT2D eigenvalue weighted by Crippen LogP contribution is -2.46. The smallest absolute Gasteiger partial charge is 0.305 e. The van der Waals surface area contributed by atoms with E-state index < -0.39 is 11.9 Å². The van der Waals surface area contributed by atoms with Gasteiger partial charge in [0.15, 0.2) is 0 Å². The number of hydrogen-bond acceptors (Lipinski definition) is 4. The van der Waals surface area contributed by atoms with E-state index in [4.69, 9.17) is 27.2 Å². The van der Waals surface area contributed by atoms with Crippen LogP contribution in [-0.4, -0.2) is 42.8 Å². The number of hydrogen-bond donors (Lipinski definition) is 2. The number of nitrogens with zero attached hydrogens (tertiary/aromatic N) is 1. The second-order valence-corrected chi connectivity index (χ2v) is 4.96. The van der Waals surface area contributed by atoms with Gasteiger partial charge >= 0.3 is 5.97 Å². The number of aliphatic carboxylic acids is 1. The number of benzene rings is 1. The lowest BCUT2D eigenvalue weighted by Gasteiger charge is -2.37. The van der Waals surface area contributed by atoms with Crippen molar-refractivity contribution in [3.8, 4) is 0 Å². The van der Waals surface area contributed by atoms with Gasteiger partial charge in [0, 0.05) is 12.1 Å². The van der Waals surface area contributed by atoms with E-state index in [9.17, 15) is 9.59 Å². The quantitative estimate of drug-likeness (QED) is 0.869. The van der Waals surface area contributed by atoms with Crippen LogP contribution in [0.25, 0.3) is 0 Å². The maximum Gasteiger partial charge on any atom is 0.305 e. The highest BCUT2D eigenvalue weighted by molar-refractivity contribution is 6.33. The second kappa shape index (κ2) is 6.11. The molecule has 0 aliphatic carbocycles. The molecular formula is C13H15ClN2O4. The Kier molecular flexibility index (Phi) is 4.46. The van der Waals surface area contributed by atoms with Crippen molar-refractivity contribution in [2.45, 2.75) is 12.5 Å². The van der Waals surface area contributed by atoms with Gasteiger partial charge in [-0.2, -0.15) is 0 Å². The molecule has 1 aromatic carbocycles. The molecule has 6 nitrogen and oxygen atoms in total. The van der Waals surface area contributed by atoms with Gasteiger partial charge in [-0.3, -0.25) is 9.59 Å². The zero-order valence-electron chi connectivity index (χ0n) is 10.7. The van der Waals surface area contributed by atoms with Crippen LogP contribution in [0.5, 0.6) is 0 Å². The number of carboxylic acid groups (broad SMARTS) is 1. The summed E-state index contributed by atoms with van der Waals surface area (Å²) in [6, 6.07) is 4.48. The van der Waals surface area contributed by atoms with Crippen molar-refractivity contribution in [3.05, 3.63) is 28.8 Å². The van der Waals surface area contributed by atoms with E-state index in [1.165, 1.54) is 6.07 Å². The maximum atomic E-state index is 11.1. The average molecular weight is 299 g/mol. The number of nitrogens with two attached hydrogens (primary N) is 1. The summed E-state index contributed by atoms with van der Waals surface area (Å²) in [4.78, 5) is 23.9. The van der Waals surface area contributed by atoms with E-state index in [2.05, 4.69) is 0 Å². The predicted molar refractivity (Wildman–Crippen MR) is 74.2 cm³/mol. The van der Waals surface area contributed by atoms with Crippen LogP contribution < -0.4 is 10.6 Å². The van der Waals surface area contributed by atoms with E-state index in [1.807, 2.05) is 4.90 Å². The normalized spacial score (nSPS) is 18.9. The summed E-state index contributed by atoms with van der Waals surface area (Å²) in [6.45, 7) is 1.39. The van der Waals surface area contributed by atoms with Crippen molar-refractivity contribution < 1.29 is 19.4 Å².